The smallest absolute Gasteiger partial charge is 0.297 e. The average Bonchev–Trinajstić information content (AvgIpc) is 2.44. The van der Waals surface area contributed by atoms with E-state index in [0.29, 0.717) is 14.5 Å². The summed E-state index contributed by atoms with van der Waals surface area (Å²) in [5.41, 5.74) is 0.443. The van der Waals surface area contributed by atoms with E-state index in [1.807, 2.05) is 13.8 Å². The van der Waals surface area contributed by atoms with E-state index in [1.54, 1.807) is 0 Å². The molecule has 17 heavy (non-hydrogen) atoms. The van der Waals surface area contributed by atoms with Gasteiger partial charge < -0.3 is 10.6 Å². The van der Waals surface area contributed by atoms with Gasteiger partial charge in [-0.05, 0) is 29.8 Å². The van der Waals surface area contributed by atoms with Crippen LogP contribution in [-0.4, -0.2) is 20.4 Å². The molecule has 2 N–H and O–H groups in total. The van der Waals surface area contributed by atoms with Crippen LogP contribution in [0.4, 0.5) is 5.69 Å². The predicted molar refractivity (Wildman–Crippen MR) is 73.5 cm³/mol. The number of sulfonamides is 1. The lowest BCUT2D eigenvalue weighted by atomic mass is 10.4. The van der Waals surface area contributed by atoms with Crippen molar-refractivity contribution in [2.45, 2.75) is 24.1 Å². The highest BCUT2D eigenvalue weighted by molar-refractivity contribution is 9.10. The number of hydrogen-bond donors (Lipinski definition) is 2. The quantitative estimate of drug-likeness (QED) is 0.809. The molecule has 0 aliphatic carbocycles. The van der Waals surface area contributed by atoms with Crippen molar-refractivity contribution in [2.24, 2.45) is 4.40 Å². The molecule has 2 heterocycles. The van der Waals surface area contributed by atoms with Crippen molar-refractivity contribution in [3.8, 4) is 0 Å². The number of halogens is 2. The van der Waals surface area contributed by atoms with Crippen LogP contribution in [-0.2, 0) is 10.0 Å². The number of rotatable bonds is 1. The Labute approximate surface area is 116 Å². The summed E-state index contributed by atoms with van der Waals surface area (Å²) >= 11 is 10.1. The maximum atomic E-state index is 11.9. The third kappa shape index (κ3) is 2.44. The van der Waals surface area contributed by atoms with Crippen molar-refractivity contribution in [1.29, 1.82) is 0 Å². The van der Waals surface area contributed by atoms with E-state index in [-0.39, 0.29) is 16.2 Å². The van der Waals surface area contributed by atoms with Crippen molar-refractivity contribution >= 4 is 60.5 Å². The van der Waals surface area contributed by atoms with Gasteiger partial charge in [-0.1, -0.05) is 11.6 Å². The average molecular weight is 359 g/mol. The molecule has 94 valence electrons. The molecule has 0 fully saturated rings. The Morgan fingerprint density at radius 2 is 2.18 bits per heavy atom. The standard InChI is InChI=1S/C8H9BrClN3O2S2/c1-3(2)11-8-12-5-4(9)6(10)16-7(5)17(14,15)13-8/h3H,1-2H3,(H2,11,12,13). The molecule has 1 aromatic rings. The molecule has 0 amide bonds. The summed E-state index contributed by atoms with van der Waals surface area (Å²) in [4.78, 5) is 0. The largest absolute Gasteiger partial charge is 0.353 e. The fraction of sp³-hybridized carbons (Fsp3) is 0.375. The highest BCUT2D eigenvalue weighted by Crippen LogP contribution is 2.45. The topological polar surface area (TPSA) is 70.6 Å². The van der Waals surface area contributed by atoms with Crippen molar-refractivity contribution in [3.63, 3.8) is 0 Å². The van der Waals surface area contributed by atoms with Gasteiger partial charge in [0.05, 0.1) is 10.2 Å². The van der Waals surface area contributed by atoms with Crippen LogP contribution in [0.5, 0.6) is 0 Å². The van der Waals surface area contributed by atoms with Gasteiger partial charge in [-0.15, -0.1) is 15.7 Å². The molecule has 0 bridgehead atoms. The minimum absolute atomic E-state index is 0.0749. The number of hydrogen-bond acceptors (Lipinski definition) is 5. The third-order valence-electron chi connectivity index (χ3n) is 1.89. The molecular formula is C8H9BrClN3O2S2. The Balaban J connectivity index is 2.50. The van der Waals surface area contributed by atoms with Crippen LogP contribution in [0.25, 0.3) is 0 Å². The maximum absolute atomic E-state index is 11.9. The SMILES string of the molecule is CC(C)NC1=NS(=O)(=O)c2sc(Cl)c(Br)c2N1. The van der Waals surface area contributed by atoms with Gasteiger partial charge in [-0.3, -0.25) is 0 Å². The van der Waals surface area contributed by atoms with Crippen LogP contribution in [0, 0.1) is 0 Å². The summed E-state index contributed by atoms with van der Waals surface area (Å²) in [6.07, 6.45) is 0. The van der Waals surface area contributed by atoms with Crippen molar-refractivity contribution < 1.29 is 8.42 Å². The van der Waals surface area contributed by atoms with Crippen LogP contribution in [0.1, 0.15) is 13.8 Å². The lowest BCUT2D eigenvalue weighted by Gasteiger charge is -2.18. The summed E-state index contributed by atoms with van der Waals surface area (Å²) in [7, 11) is -3.67. The molecule has 5 nitrogen and oxygen atoms in total. The van der Waals surface area contributed by atoms with Gasteiger partial charge >= 0.3 is 0 Å². The molecule has 2 rings (SSSR count). The van der Waals surface area contributed by atoms with Crippen LogP contribution >= 0.6 is 38.9 Å². The third-order valence-corrected chi connectivity index (χ3v) is 6.35. The fourth-order valence-electron chi connectivity index (χ4n) is 1.29. The molecule has 0 spiro atoms. The van der Waals surface area contributed by atoms with Crippen molar-refractivity contribution in [3.05, 3.63) is 8.81 Å². The van der Waals surface area contributed by atoms with Crippen molar-refractivity contribution in [2.75, 3.05) is 5.32 Å². The predicted octanol–water partition coefficient (Wildman–Crippen LogP) is 2.63. The Hall–Kier alpha value is -0.310. The molecule has 0 aromatic carbocycles. The number of fused-ring (bicyclic) bond motifs is 1. The van der Waals surface area contributed by atoms with E-state index in [2.05, 4.69) is 31.0 Å². The second-order valence-electron chi connectivity index (χ2n) is 3.69. The van der Waals surface area contributed by atoms with Gasteiger partial charge in [0.25, 0.3) is 10.0 Å². The molecule has 0 unspecified atom stereocenters. The molecule has 0 saturated heterocycles. The zero-order chi connectivity index (χ0) is 12.8. The van der Waals surface area contributed by atoms with Gasteiger partial charge in [-0.25, -0.2) is 0 Å². The zero-order valence-electron chi connectivity index (χ0n) is 8.91. The lowest BCUT2D eigenvalue weighted by molar-refractivity contribution is 0.599. The normalized spacial score (nSPS) is 17.4. The minimum atomic E-state index is -3.67. The van der Waals surface area contributed by atoms with E-state index in [1.165, 1.54) is 0 Å². The Morgan fingerprint density at radius 3 is 2.76 bits per heavy atom. The first kappa shape index (κ1) is 13.1. The Kier molecular flexibility index (Phi) is 3.41. The summed E-state index contributed by atoms with van der Waals surface area (Å²) < 4.78 is 28.5. The summed E-state index contributed by atoms with van der Waals surface area (Å²) in [6.45, 7) is 3.78. The van der Waals surface area contributed by atoms with Gasteiger partial charge in [-0.2, -0.15) is 8.42 Å². The maximum Gasteiger partial charge on any atom is 0.297 e. The summed E-state index contributed by atoms with van der Waals surface area (Å²) in [5.74, 6) is 0.211. The number of guanidine groups is 1. The molecular weight excluding hydrogens is 350 g/mol. The van der Waals surface area contributed by atoms with E-state index in [0.717, 1.165) is 11.3 Å². The van der Waals surface area contributed by atoms with Gasteiger partial charge in [0.2, 0.25) is 5.96 Å². The summed E-state index contributed by atoms with van der Waals surface area (Å²) in [5, 5.41) is 5.83. The number of nitrogens with one attached hydrogen (secondary N) is 2. The van der Waals surface area contributed by atoms with Gasteiger partial charge in [0.15, 0.2) is 4.21 Å². The van der Waals surface area contributed by atoms with Crippen LogP contribution in [0.3, 0.4) is 0 Å². The molecule has 9 heteroatoms. The highest BCUT2D eigenvalue weighted by Gasteiger charge is 2.31. The first-order valence-electron chi connectivity index (χ1n) is 4.67. The Morgan fingerprint density at radius 1 is 1.53 bits per heavy atom. The van der Waals surface area contributed by atoms with Crippen LogP contribution < -0.4 is 10.6 Å². The highest BCUT2D eigenvalue weighted by atomic mass is 79.9. The molecule has 0 radical (unpaired) electrons. The lowest BCUT2D eigenvalue weighted by Crippen LogP contribution is -2.38. The summed E-state index contributed by atoms with van der Waals surface area (Å²) in [6, 6.07) is 0.0749. The number of nitrogens with zero attached hydrogens (tertiary/aromatic N) is 1. The fourth-order valence-corrected chi connectivity index (χ4v) is 4.78. The monoisotopic (exact) mass is 357 g/mol. The zero-order valence-corrected chi connectivity index (χ0v) is 12.9. The Bertz CT molecular complexity index is 594. The van der Waals surface area contributed by atoms with Crippen molar-refractivity contribution in [1.82, 2.24) is 5.32 Å². The van der Waals surface area contributed by atoms with E-state index >= 15 is 0 Å². The molecule has 1 aliphatic heterocycles. The molecule has 0 saturated carbocycles. The molecule has 1 aromatic heterocycles. The number of anilines is 1. The van der Waals surface area contributed by atoms with Crippen LogP contribution in [0.2, 0.25) is 4.34 Å². The van der Waals surface area contributed by atoms with Crippen LogP contribution in [0.15, 0.2) is 13.1 Å². The van der Waals surface area contributed by atoms with E-state index in [4.69, 9.17) is 11.6 Å². The molecule has 0 atom stereocenters. The van der Waals surface area contributed by atoms with E-state index in [9.17, 15) is 8.42 Å². The first-order valence-corrected chi connectivity index (χ1v) is 8.10. The van der Waals surface area contributed by atoms with E-state index < -0.39 is 10.0 Å². The van der Waals surface area contributed by atoms with Gasteiger partial charge in [0, 0.05) is 6.04 Å². The van der Waals surface area contributed by atoms with Gasteiger partial charge in [0.1, 0.15) is 4.34 Å². The second kappa shape index (κ2) is 4.42. The second-order valence-corrected chi connectivity index (χ2v) is 7.91. The minimum Gasteiger partial charge on any atom is -0.353 e. The molecule has 1 aliphatic rings. The first-order chi connectivity index (χ1) is 7.81. The number of thiophene rings is 1.